The number of hydrogen-bond acceptors (Lipinski definition) is 2. The van der Waals surface area contributed by atoms with Gasteiger partial charge in [-0.3, -0.25) is 4.79 Å². The van der Waals surface area contributed by atoms with Crippen LogP contribution in [0.3, 0.4) is 0 Å². The number of carbonyl (C=O) groups excluding carboxylic acids is 1. The molecule has 0 saturated heterocycles. The number of hydrogen-bond donors (Lipinski definition) is 0. The topological polar surface area (TPSA) is 26.3 Å². The molecule has 0 heterocycles. The summed E-state index contributed by atoms with van der Waals surface area (Å²) < 4.78 is 5.37. The largest absolute Gasteiger partial charge is 0.460 e. The fraction of sp³-hybridized carbons (Fsp3) is 0.800. The van der Waals surface area contributed by atoms with Crippen molar-refractivity contribution in [2.75, 3.05) is 0 Å². The maximum absolute atomic E-state index is 10.7. The Morgan fingerprint density at radius 2 is 2.12 bits per heavy atom. The molecule has 2 aliphatic carbocycles. The first-order valence-corrected chi connectivity index (χ1v) is 6.76. The lowest BCUT2D eigenvalue weighted by Gasteiger charge is -2.52. The smallest absolute Gasteiger partial charge is 0.293 e. The second kappa shape index (κ2) is 4.47. The Morgan fingerprint density at radius 1 is 1.35 bits per heavy atom. The van der Waals surface area contributed by atoms with Crippen molar-refractivity contribution in [2.24, 2.45) is 16.7 Å². The average molecular weight is 236 g/mol. The molecule has 96 valence electrons. The molecule has 2 heteroatoms. The van der Waals surface area contributed by atoms with Crippen LogP contribution in [0.1, 0.15) is 52.9 Å². The van der Waals surface area contributed by atoms with E-state index in [4.69, 9.17) is 4.74 Å². The van der Waals surface area contributed by atoms with Crippen LogP contribution in [0.2, 0.25) is 0 Å². The third-order valence-electron chi connectivity index (χ3n) is 4.85. The third kappa shape index (κ3) is 2.27. The minimum Gasteiger partial charge on any atom is -0.460 e. The number of ether oxygens (including phenoxy) is 1. The molecule has 0 aromatic heterocycles. The van der Waals surface area contributed by atoms with Gasteiger partial charge in [0.15, 0.2) is 0 Å². The average Bonchev–Trinajstić information content (AvgIpc) is 2.24. The Bertz CT molecular complexity index is 319. The van der Waals surface area contributed by atoms with Gasteiger partial charge in [0, 0.05) is 5.41 Å². The minimum absolute atomic E-state index is 0.0108. The summed E-state index contributed by atoms with van der Waals surface area (Å²) in [5.41, 5.74) is 0.555. The molecule has 0 amide bonds. The molecular formula is C15H24O2. The van der Waals surface area contributed by atoms with E-state index in [1.807, 2.05) is 0 Å². The first-order chi connectivity index (χ1) is 8.00. The van der Waals surface area contributed by atoms with Crippen molar-refractivity contribution in [2.45, 2.75) is 59.0 Å². The minimum atomic E-state index is -0.0108. The number of rotatable bonds is 2. The molecule has 17 heavy (non-hydrogen) atoms. The van der Waals surface area contributed by atoms with Crippen molar-refractivity contribution in [3.8, 4) is 0 Å². The van der Waals surface area contributed by atoms with Crippen molar-refractivity contribution in [3.63, 3.8) is 0 Å². The van der Waals surface area contributed by atoms with E-state index in [9.17, 15) is 4.79 Å². The van der Waals surface area contributed by atoms with Crippen LogP contribution in [-0.4, -0.2) is 12.6 Å². The van der Waals surface area contributed by atoms with E-state index in [0.29, 0.717) is 17.8 Å². The standard InChI is InChI=1S/C15H24O2/c1-12-6-4-7-13(17-11-16)15(12)9-5-8-14(2,3)10-15/h4,7,11-13H,5-6,8-10H2,1-3H3. The molecule has 0 radical (unpaired) electrons. The van der Waals surface area contributed by atoms with Gasteiger partial charge in [0.25, 0.3) is 6.47 Å². The second-order valence-electron chi connectivity index (χ2n) is 6.65. The van der Waals surface area contributed by atoms with Gasteiger partial charge in [-0.25, -0.2) is 0 Å². The number of carbonyl (C=O) groups is 1. The van der Waals surface area contributed by atoms with Gasteiger partial charge in [0.1, 0.15) is 6.10 Å². The summed E-state index contributed by atoms with van der Waals surface area (Å²) in [6.07, 6.45) is 10.3. The van der Waals surface area contributed by atoms with Gasteiger partial charge >= 0.3 is 0 Å². The summed E-state index contributed by atoms with van der Waals surface area (Å²) in [6, 6.07) is 0. The Labute approximate surface area is 104 Å². The van der Waals surface area contributed by atoms with E-state index < -0.39 is 0 Å². The molecule has 0 aromatic carbocycles. The van der Waals surface area contributed by atoms with Gasteiger partial charge in [0.2, 0.25) is 0 Å². The van der Waals surface area contributed by atoms with E-state index in [1.165, 1.54) is 25.7 Å². The van der Waals surface area contributed by atoms with Crippen LogP contribution < -0.4 is 0 Å². The molecule has 2 aliphatic rings. The molecule has 1 spiro atoms. The Balaban J connectivity index is 2.29. The highest BCUT2D eigenvalue weighted by molar-refractivity contribution is 5.39. The van der Waals surface area contributed by atoms with E-state index in [0.717, 1.165) is 6.42 Å². The Kier molecular flexibility index (Phi) is 3.33. The van der Waals surface area contributed by atoms with Crippen molar-refractivity contribution < 1.29 is 9.53 Å². The highest BCUT2D eigenvalue weighted by atomic mass is 16.5. The molecule has 0 aliphatic heterocycles. The molecule has 2 nitrogen and oxygen atoms in total. The predicted molar refractivity (Wildman–Crippen MR) is 68.5 cm³/mol. The summed E-state index contributed by atoms with van der Waals surface area (Å²) in [7, 11) is 0. The summed E-state index contributed by atoms with van der Waals surface area (Å²) in [6.45, 7) is 7.62. The molecule has 2 rings (SSSR count). The van der Waals surface area contributed by atoms with Gasteiger partial charge in [-0.15, -0.1) is 0 Å². The lowest BCUT2D eigenvalue weighted by atomic mass is 9.54. The van der Waals surface area contributed by atoms with Crippen molar-refractivity contribution in [3.05, 3.63) is 12.2 Å². The summed E-state index contributed by atoms with van der Waals surface area (Å²) in [5.74, 6) is 0.608. The molecule has 0 bridgehead atoms. The lowest BCUT2D eigenvalue weighted by molar-refractivity contribution is -0.145. The zero-order chi connectivity index (χ0) is 12.5. The van der Waals surface area contributed by atoms with Crippen molar-refractivity contribution >= 4 is 6.47 Å². The van der Waals surface area contributed by atoms with Crippen LogP contribution in [0.5, 0.6) is 0 Å². The molecule has 3 unspecified atom stereocenters. The molecular weight excluding hydrogens is 212 g/mol. The van der Waals surface area contributed by atoms with Gasteiger partial charge in [-0.05, 0) is 43.1 Å². The first-order valence-electron chi connectivity index (χ1n) is 6.76. The first kappa shape index (κ1) is 12.7. The van der Waals surface area contributed by atoms with E-state index in [1.54, 1.807) is 0 Å². The van der Waals surface area contributed by atoms with Crippen LogP contribution in [0.4, 0.5) is 0 Å². The maximum atomic E-state index is 10.7. The van der Waals surface area contributed by atoms with Crippen LogP contribution in [0.15, 0.2) is 12.2 Å². The van der Waals surface area contributed by atoms with Gasteiger partial charge < -0.3 is 4.74 Å². The zero-order valence-electron chi connectivity index (χ0n) is 11.2. The van der Waals surface area contributed by atoms with Gasteiger partial charge in [-0.1, -0.05) is 33.3 Å². The number of allylic oxidation sites excluding steroid dienone is 1. The monoisotopic (exact) mass is 236 g/mol. The molecule has 1 saturated carbocycles. The van der Waals surface area contributed by atoms with Crippen molar-refractivity contribution in [1.29, 1.82) is 0 Å². The SMILES string of the molecule is CC1CC=CC(OC=O)C12CCCC(C)(C)C2. The second-order valence-corrected chi connectivity index (χ2v) is 6.65. The van der Waals surface area contributed by atoms with E-state index in [2.05, 4.69) is 32.9 Å². The molecule has 0 aromatic rings. The van der Waals surface area contributed by atoms with E-state index >= 15 is 0 Å². The zero-order valence-corrected chi connectivity index (χ0v) is 11.2. The molecule has 0 N–H and O–H groups in total. The summed E-state index contributed by atoms with van der Waals surface area (Å²) in [5, 5.41) is 0. The summed E-state index contributed by atoms with van der Waals surface area (Å²) >= 11 is 0. The Morgan fingerprint density at radius 3 is 2.76 bits per heavy atom. The van der Waals surface area contributed by atoms with Crippen molar-refractivity contribution in [1.82, 2.24) is 0 Å². The van der Waals surface area contributed by atoms with E-state index in [-0.39, 0.29) is 11.5 Å². The summed E-state index contributed by atoms with van der Waals surface area (Å²) in [4.78, 5) is 10.7. The highest BCUT2D eigenvalue weighted by Gasteiger charge is 2.49. The third-order valence-corrected chi connectivity index (χ3v) is 4.85. The lowest BCUT2D eigenvalue weighted by Crippen LogP contribution is -2.48. The quantitative estimate of drug-likeness (QED) is 0.539. The van der Waals surface area contributed by atoms with Crippen LogP contribution in [-0.2, 0) is 9.53 Å². The fourth-order valence-corrected chi connectivity index (χ4v) is 3.98. The van der Waals surface area contributed by atoms with Crippen LogP contribution >= 0.6 is 0 Å². The maximum Gasteiger partial charge on any atom is 0.293 e. The predicted octanol–water partition coefficient (Wildman–Crippen LogP) is 3.71. The molecule has 1 fully saturated rings. The van der Waals surface area contributed by atoms with Crippen LogP contribution in [0, 0.1) is 16.7 Å². The molecule has 3 atom stereocenters. The fourth-order valence-electron chi connectivity index (χ4n) is 3.98. The normalized spacial score (nSPS) is 40.2. The van der Waals surface area contributed by atoms with Crippen LogP contribution in [0.25, 0.3) is 0 Å². The highest BCUT2D eigenvalue weighted by Crippen LogP contribution is 2.55. The van der Waals surface area contributed by atoms with Gasteiger partial charge in [-0.2, -0.15) is 0 Å². The van der Waals surface area contributed by atoms with Gasteiger partial charge in [0.05, 0.1) is 0 Å². The Hall–Kier alpha value is -0.790.